The smallest absolute Gasteiger partial charge is 0.264 e. The number of hydrogen-bond donors (Lipinski definition) is 1. The Hall–Kier alpha value is -3.07. The first kappa shape index (κ1) is 31.5. The van der Waals surface area contributed by atoms with Crippen molar-refractivity contribution in [3.8, 4) is 0 Å². The minimum Gasteiger partial charge on any atom is -0.354 e. The molecule has 0 bridgehead atoms. The van der Waals surface area contributed by atoms with Crippen LogP contribution in [0.15, 0.2) is 77.7 Å². The topological polar surface area (TPSA) is 86.8 Å². The number of carbonyl (C=O) groups is 2. The van der Waals surface area contributed by atoms with Gasteiger partial charge in [-0.05, 0) is 67.8 Å². The lowest BCUT2D eigenvalue weighted by atomic mass is 10.1. The van der Waals surface area contributed by atoms with Crippen LogP contribution in [0.1, 0.15) is 44.2 Å². The van der Waals surface area contributed by atoms with Crippen LogP contribution < -0.4 is 9.62 Å². The van der Waals surface area contributed by atoms with Crippen molar-refractivity contribution < 1.29 is 18.0 Å². The van der Waals surface area contributed by atoms with Crippen LogP contribution in [0.3, 0.4) is 0 Å². The molecule has 0 saturated carbocycles. The van der Waals surface area contributed by atoms with Gasteiger partial charge in [-0.15, -0.1) is 0 Å². The summed E-state index contributed by atoms with van der Waals surface area (Å²) in [7, 11) is -4.16. The number of carbonyl (C=O) groups excluding carboxylic acids is 2. The number of amides is 2. The van der Waals surface area contributed by atoms with E-state index in [4.69, 9.17) is 23.2 Å². The number of sulfonamides is 1. The number of unbranched alkanes of at least 4 members (excludes halogenated alkanes) is 1. The van der Waals surface area contributed by atoms with Crippen molar-refractivity contribution in [1.29, 1.82) is 0 Å². The second kappa shape index (κ2) is 14.5. The first-order valence-electron chi connectivity index (χ1n) is 13.2. The zero-order valence-corrected chi connectivity index (χ0v) is 25.3. The van der Waals surface area contributed by atoms with Crippen molar-refractivity contribution in [2.45, 2.75) is 57.5 Å². The Morgan fingerprint density at radius 2 is 1.60 bits per heavy atom. The molecule has 214 valence electrons. The van der Waals surface area contributed by atoms with Gasteiger partial charge in [0.15, 0.2) is 0 Å². The average molecular weight is 605 g/mol. The number of aryl methyl sites for hydroxylation is 1. The van der Waals surface area contributed by atoms with Gasteiger partial charge in [-0.1, -0.05) is 79.4 Å². The lowest BCUT2D eigenvalue weighted by Crippen LogP contribution is -2.52. The van der Waals surface area contributed by atoms with E-state index in [1.165, 1.54) is 23.1 Å². The Labute approximate surface area is 247 Å². The van der Waals surface area contributed by atoms with Crippen molar-refractivity contribution in [3.63, 3.8) is 0 Å². The molecule has 1 N–H and O–H groups in total. The second-order valence-corrected chi connectivity index (χ2v) is 12.3. The second-order valence-electron chi connectivity index (χ2n) is 9.52. The summed E-state index contributed by atoms with van der Waals surface area (Å²) < 4.78 is 28.8. The maximum atomic E-state index is 14.0. The fraction of sp³-hybridized carbons (Fsp3) is 0.333. The summed E-state index contributed by atoms with van der Waals surface area (Å²) in [4.78, 5) is 28.7. The van der Waals surface area contributed by atoms with Gasteiger partial charge in [0.05, 0.1) is 10.6 Å². The lowest BCUT2D eigenvalue weighted by Gasteiger charge is -2.33. The fourth-order valence-electron chi connectivity index (χ4n) is 4.21. The SMILES string of the molecule is CCCCNC(=O)[C@H](CC)N(Cc1ccc(Cl)cc1)C(=O)CN(c1cccc(Cl)c1)S(=O)(=O)c1ccc(C)cc1. The van der Waals surface area contributed by atoms with E-state index in [2.05, 4.69) is 5.32 Å². The van der Waals surface area contributed by atoms with E-state index in [9.17, 15) is 18.0 Å². The Kier molecular flexibility index (Phi) is 11.4. The minimum atomic E-state index is -4.16. The molecule has 0 aromatic heterocycles. The van der Waals surface area contributed by atoms with E-state index in [1.54, 1.807) is 54.6 Å². The molecule has 0 saturated heterocycles. The number of nitrogens with one attached hydrogen (secondary N) is 1. The van der Waals surface area contributed by atoms with Gasteiger partial charge >= 0.3 is 0 Å². The fourth-order valence-corrected chi connectivity index (χ4v) is 5.93. The molecule has 0 fully saturated rings. The van der Waals surface area contributed by atoms with Gasteiger partial charge in [0.2, 0.25) is 11.8 Å². The maximum absolute atomic E-state index is 14.0. The highest BCUT2D eigenvalue weighted by Gasteiger charge is 2.33. The summed E-state index contributed by atoms with van der Waals surface area (Å²) in [6, 6.07) is 18.9. The largest absolute Gasteiger partial charge is 0.354 e. The van der Waals surface area contributed by atoms with E-state index in [-0.39, 0.29) is 23.0 Å². The first-order valence-corrected chi connectivity index (χ1v) is 15.4. The molecule has 3 aromatic carbocycles. The van der Waals surface area contributed by atoms with Gasteiger partial charge < -0.3 is 10.2 Å². The Morgan fingerprint density at radius 1 is 0.925 bits per heavy atom. The van der Waals surface area contributed by atoms with Crippen molar-refractivity contribution >= 4 is 50.7 Å². The summed E-state index contributed by atoms with van der Waals surface area (Å²) in [5, 5.41) is 3.79. The van der Waals surface area contributed by atoms with E-state index in [0.29, 0.717) is 23.0 Å². The van der Waals surface area contributed by atoms with E-state index >= 15 is 0 Å². The lowest BCUT2D eigenvalue weighted by molar-refractivity contribution is -0.140. The summed E-state index contributed by atoms with van der Waals surface area (Å²) in [6.45, 7) is 5.78. The number of halogens is 2. The number of anilines is 1. The monoisotopic (exact) mass is 603 g/mol. The van der Waals surface area contributed by atoms with Gasteiger partial charge in [-0.3, -0.25) is 13.9 Å². The molecule has 3 rings (SSSR count). The molecular formula is C30H35Cl2N3O4S. The normalized spacial score (nSPS) is 12.0. The predicted octanol–water partition coefficient (Wildman–Crippen LogP) is 6.22. The number of nitrogens with zero attached hydrogens (tertiary/aromatic N) is 2. The van der Waals surface area contributed by atoms with Gasteiger partial charge in [-0.25, -0.2) is 8.42 Å². The molecule has 10 heteroatoms. The van der Waals surface area contributed by atoms with Crippen molar-refractivity contribution in [2.75, 3.05) is 17.4 Å². The number of benzene rings is 3. The van der Waals surface area contributed by atoms with Crippen LogP contribution in [0.2, 0.25) is 10.0 Å². The molecular weight excluding hydrogens is 569 g/mol. The number of rotatable bonds is 13. The predicted molar refractivity (Wildman–Crippen MR) is 161 cm³/mol. The summed E-state index contributed by atoms with van der Waals surface area (Å²) in [6.07, 6.45) is 2.07. The molecule has 3 aromatic rings. The molecule has 0 aliphatic heterocycles. The summed E-state index contributed by atoms with van der Waals surface area (Å²) in [5.41, 5.74) is 1.90. The molecule has 0 unspecified atom stereocenters. The Morgan fingerprint density at radius 3 is 2.20 bits per heavy atom. The van der Waals surface area contributed by atoms with Crippen LogP contribution in [0.4, 0.5) is 5.69 Å². The molecule has 40 heavy (non-hydrogen) atoms. The first-order chi connectivity index (χ1) is 19.1. The molecule has 0 heterocycles. The average Bonchev–Trinajstić information content (AvgIpc) is 2.93. The molecule has 0 radical (unpaired) electrons. The highest BCUT2D eigenvalue weighted by atomic mass is 35.5. The number of hydrogen-bond acceptors (Lipinski definition) is 4. The third-order valence-corrected chi connectivity index (χ3v) is 8.74. The third kappa shape index (κ3) is 8.22. The van der Waals surface area contributed by atoms with Gasteiger partial charge in [-0.2, -0.15) is 0 Å². The highest BCUT2D eigenvalue weighted by molar-refractivity contribution is 7.92. The zero-order valence-electron chi connectivity index (χ0n) is 22.9. The molecule has 7 nitrogen and oxygen atoms in total. The van der Waals surface area contributed by atoms with Crippen molar-refractivity contribution in [2.24, 2.45) is 0 Å². The molecule has 2 amide bonds. The van der Waals surface area contributed by atoms with Crippen LogP contribution in [-0.4, -0.2) is 44.3 Å². The van der Waals surface area contributed by atoms with E-state index < -0.39 is 28.5 Å². The molecule has 0 spiro atoms. The van der Waals surface area contributed by atoms with Gasteiger partial charge in [0.1, 0.15) is 12.6 Å². The Bertz CT molecular complexity index is 1400. The summed E-state index contributed by atoms with van der Waals surface area (Å²) in [5.74, 6) is -0.808. The van der Waals surface area contributed by atoms with Crippen LogP contribution >= 0.6 is 23.2 Å². The van der Waals surface area contributed by atoms with Crippen molar-refractivity contribution in [3.05, 3.63) is 94.0 Å². The van der Waals surface area contributed by atoms with Gasteiger partial charge in [0, 0.05) is 23.1 Å². The van der Waals surface area contributed by atoms with Crippen LogP contribution in [0.5, 0.6) is 0 Å². The van der Waals surface area contributed by atoms with Gasteiger partial charge in [0.25, 0.3) is 10.0 Å². The van der Waals surface area contributed by atoms with Crippen LogP contribution in [-0.2, 0) is 26.2 Å². The molecule has 1 atom stereocenters. The van der Waals surface area contributed by atoms with Crippen LogP contribution in [0, 0.1) is 6.92 Å². The van der Waals surface area contributed by atoms with E-state index in [1.807, 2.05) is 20.8 Å². The highest BCUT2D eigenvalue weighted by Crippen LogP contribution is 2.27. The standard InChI is InChI=1S/C30H35Cl2N3O4S/c1-4-6-18-33-30(37)28(5-2)34(20-23-12-14-24(31)15-13-23)29(36)21-35(26-9-7-8-25(32)19-26)40(38,39)27-16-10-22(3)11-17-27/h7-17,19,28H,4-6,18,20-21H2,1-3H3,(H,33,37)/t28-/m0/s1. The maximum Gasteiger partial charge on any atom is 0.264 e. The zero-order chi connectivity index (χ0) is 29.3. The minimum absolute atomic E-state index is 0.0412. The molecule has 0 aliphatic carbocycles. The van der Waals surface area contributed by atoms with Crippen LogP contribution in [0.25, 0.3) is 0 Å². The van der Waals surface area contributed by atoms with E-state index in [0.717, 1.165) is 28.3 Å². The molecule has 0 aliphatic rings. The third-order valence-electron chi connectivity index (χ3n) is 6.47. The summed E-state index contributed by atoms with van der Waals surface area (Å²) >= 11 is 12.3. The Balaban J connectivity index is 2.03. The van der Waals surface area contributed by atoms with Crippen molar-refractivity contribution in [1.82, 2.24) is 10.2 Å². The quantitative estimate of drug-likeness (QED) is 0.235.